The Morgan fingerprint density at radius 3 is 3.00 bits per heavy atom. The average Bonchev–Trinajstić information content (AvgIpc) is 2.69. The van der Waals surface area contributed by atoms with Gasteiger partial charge in [-0.3, -0.25) is 9.59 Å². The summed E-state index contributed by atoms with van der Waals surface area (Å²) in [5.74, 6) is -0.282. The number of fused-ring (bicyclic) bond motifs is 2. The molecule has 0 saturated carbocycles. The lowest BCUT2D eigenvalue weighted by Crippen LogP contribution is -2.40. The van der Waals surface area contributed by atoms with Gasteiger partial charge >= 0.3 is 0 Å². The molecule has 2 N–H and O–H groups in total. The second-order valence-corrected chi connectivity index (χ2v) is 6.59. The zero-order chi connectivity index (χ0) is 18.8. The molecule has 4 rings (SSSR count). The van der Waals surface area contributed by atoms with Crippen LogP contribution in [-0.4, -0.2) is 31.5 Å². The van der Waals surface area contributed by atoms with Crippen LogP contribution in [0.25, 0.3) is 0 Å². The van der Waals surface area contributed by atoms with Gasteiger partial charge in [0, 0.05) is 19.5 Å². The Bertz CT molecular complexity index is 900. The van der Waals surface area contributed by atoms with Gasteiger partial charge < -0.3 is 20.3 Å². The van der Waals surface area contributed by atoms with Gasteiger partial charge in [0.15, 0.2) is 6.61 Å². The average molecular weight is 369 g/mol. The molecule has 0 spiro atoms. The van der Waals surface area contributed by atoms with E-state index >= 15 is 0 Å². The van der Waals surface area contributed by atoms with Gasteiger partial charge in [0.2, 0.25) is 5.91 Å². The number of hydrogen-bond acceptors (Lipinski definition) is 4. The van der Waals surface area contributed by atoms with Crippen LogP contribution in [0.1, 0.15) is 17.5 Å². The van der Waals surface area contributed by atoms with Crippen molar-refractivity contribution in [1.82, 2.24) is 5.32 Å². The highest BCUT2D eigenvalue weighted by Gasteiger charge is 2.25. The summed E-state index contributed by atoms with van der Waals surface area (Å²) in [6.07, 6.45) is 0.669. The Hall–Kier alpha value is -2.93. The van der Waals surface area contributed by atoms with Crippen LogP contribution in [0.3, 0.4) is 0 Å². The predicted octanol–water partition coefficient (Wildman–Crippen LogP) is 2.23. The SMILES string of the molecule is O=C(CCN1C(=O)COc2ccccc21)Nc1ccc2c(c1F)CCNC2. The van der Waals surface area contributed by atoms with Crippen LogP contribution in [0, 0.1) is 5.82 Å². The molecule has 2 heterocycles. The number of rotatable bonds is 4. The molecule has 2 aliphatic heterocycles. The maximum atomic E-state index is 14.6. The third-order valence-electron chi connectivity index (χ3n) is 4.85. The number of nitrogens with one attached hydrogen (secondary N) is 2. The summed E-state index contributed by atoms with van der Waals surface area (Å²) < 4.78 is 20.0. The number of carbonyl (C=O) groups is 2. The van der Waals surface area contributed by atoms with Gasteiger partial charge in [-0.1, -0.05) is 18.2 Å². The Balaban J connectivity index is 1.43. The number of ether oxygens (including phenoxy) is 1. The number of nitrogens with zero attached hydrogens (tertiary/aromatic N) is 1. The molecule has 0 bridgehead atoms. The van der Waals surface area contributed by atoms with Gasteiger partial charge in [0.1, 0.15) is 11.6 Å². The zero-order valence-electron chi connectivity index (χ0n) is 14.8. The molecule has 0 saturated heterocycles. The molecule has 0 aliphatic carbocycles. The van der Waals surface area contributed by atoms with Crippen LogP contribution in [-0.2, 0) is 22.6 Å². The molecule has 2 aliphatic rings. The van der Waals surface area contributed by atoms with Crippen LogP contribution in [0.2, 0.25) is 0 Å². The smallest absolute Gasteiger partial charge is 0.265 e. The molecule has 6 nitrogen and oxygen atoms in total. The molecule has 2 amide bonds. The van der Waals surface area contributed by atoms with Crippen molar-refractivity contribution < 1.29 is 18.7 Å². The van der Waals surface area contributed by atoms with E-state index in [1.165, 1.54) is 4.90 Å². The van der Waals surface area contributed by atoms with Gasteiger partial charge in [-0.2, -0.15) is 0 Å². The van der Waals surface area contributed by atoms with Crippen LogP contribution in [0.5, 0.6) is 5.75 Å². The van der Waals surface area contributed by atoms with Gasteiger partial charge in [-0.25, -0.2) is 4.39 Å². The topological polar surface area (TPSA) is 70.7 Å². The molecule has 0 radical (unpaired) electrons. The number of para-hydroxylation sites is 2. The fourth-order valence-electron chi connectivity index (χ4n) is 3.46. The van der Waals surface area contributed by atoms with E-state index in [1.807, 2.05) is 18.2 Å². The van der Waals surface area contributed by atoms with Crippen molar-refractivity contribution in [3.63, 3.8) is 0 Å². The standard InChI is InChI=1S/C20H20FN3O3/c21-20-14-7-9-22-11-13(14)5-6-15(20)23-18(25)8-10-24-16-3-1-2-4-17(16)27-12-19(24)26/h1-6,22H,7-12H2,(H,23,25). The van der Waals surface area contributed by atoms with Crippen LogP contribution >= 0.6 is 0 Å². The van der Waals surface area contributed by atoms with Crippen molar-refractivity contribution in [2.45, 2.75) is 19.4 Å². The van der Waals surface area contributed by atoms with Gasteiger partial charge in [-0.15, -0.1) is 0 Å². The second kappa shape index (κ2) is 7.36. The number of halogens is 1. The molecular formula is C20H20FN3O3. The summed E-state index contributed by atoms with van der Waals surface area (Å²) in [7, 11) is 0. The Labute approximate surface area is 156 Å². The quantitative estimate of drug-likeness (QED) is 0.867. The Morgan fingerprint density at radius 1 is 1.26 bits per heavy atom. The third-order valence-corrected chi connectivity index (χ3v) is 4.85. The molecular weight excluding hydrogens is 349 g/mol. The number of amides is 2. The summed E-state index contributed by atoms with van der Waals surface area (Å²) in [5.41, 5.74) is 2.42. The van der Waals surface area contributed by atoms with Crippen LogP contribution in [0.15, 0.2) is 36.4 Å². The van der Waals surface area contributed by atoms with E-state index in [0.717, 1.165) is 12.1 Å². The van der Waals surface area contributed by atoms with Crippen molar-refractivity contribution in [2.24, 2.45) is 0 Å². The molecule has 27 heavy (non-hydrogen) atoms. The second-order valence-electron chi connectivity index (χ2n) is 6.59. The van der Waals surface area contributed by atoms with E-state index in [1.54, 1.807) is 18.2 Å². The minimum Gasteiger partial charge on any atom is -0.482 e. The highest BCUT2D eigenvalue weighted by atomic mass is 19.1. The van der Waals surface area contributed by atoms with Crippen LogP contribution < -0.4 is 20.3 Å². The van der Waals surface area contributed by atoms with E-state index in [2.05, 4.69) is 10.6 Å². The van der Waals surface area contributed by atoms with Crippen molar-refractivity contribution in [3.8, 4) is 5.75 Å². The van der Waals surface area contributed by atoms with Gasteiger partial charge in [0.25, 0.3) is 5.91 Å². The first-order valence-electron chi connectivity index (χ1n) is 8.96. The van der Waals surface area contributed by atoms with E-state index in [0.29, 0.717) is 30.0 Å². The lowest BCUT2D eigenvalue weighted by molar-refractivity contribution is -0.121. The number of benzene rings is 2. The Morgan fingerprint density at radius 2 is 2.11 bits per heavy atom. The van der Waals surface area contributed by atoms with Crippen molar-refractivity contribution in [1.29, 1.82) is 0 Å². The van der Waals surface area contributed by atoms with Crippen molar-refractivity contribution in [3.05, 3.63) is 53.3 Å². The first-order valence-corrected chi connectivity index (χ1v) is 8.96. The maximum Gasteiger partial charge on any atom is 0.265 e. The summed E-state index contributed by atoms with van der Waals surface area (Å²) in [4.78, 5) is 26.0. The molecule has 0 unspecified atom stereocenters. The minimum atomic E-state index is -0.366. The molecule has 2 aromatic rings. The highest BCUT2D eigenvalue weighted by molar-refractivity contribution is 5.99. The number of carbonyl (C=O) groups excluding carboxylic acids is 2. The molecule has 140 valence electrons. The summed E-state index contributed by atoms with van der Waals surface area (Å²) in [5, 5.41) is 5.83. The fraction of sp³-hybridized carbons (Fsp3) is 0.300. The maximum absolute atomic E-state index is 14.6. The number of hydrogen-bond donors (Lipinski definition) is 2. The van der Waals surface area contributed by atoms with Crippen molar-refractivity contribution >= 4 is 23.2 Å². The van der Waals surface area contributed by atoms with Gasteiger partial charge in [0.05, 0.1) is 11.4 Å². The van der Waals surface area contributed by atoms with Crippen LogP contribution in [0.4, 0.5) is 15.8 Å². The summed E-state index contributed by atoms with van der Waals surface area (Å²) in [6, 6.07) is 10.6. The molecule has 0 fully saturated rings. The van der Waals surface area contributed by atoms with E-state index < -0.39 is 0 Å². The fourth-order valence-corrected chi connectivity index (χ4v) is 3.46. The van der Waals surface area contributed by atoms with E-state index in [4.69, 9.17) is 4.74 Å². The molecule has 0 atom stereocenters. The van der Waals surface area contributed by atoms with E-state index in [-0.39, 0.29) is 42.9 Å². The lowest BCUT2D eigenvalue weighted by atomic mass is 9.99. The predicted molar refractivity (Wildman–Crippen MR) is 99.3 cm³/mol. The van der Waals surface area contributed by atoms with Gasteiger partial charge in [-0.05, 0) is 42.3 Å². The summed E-state index contributed by atoms with van der Waals surface area (Å²) >= 11 is 0. The molecule has 7 heteroatoms. The first-order chi connectivity index (χ1) is 13.1. The highest BCUT2D eigenvalue weighted by Crippen LogP contribution is 2.31. The monoisotopic (exact) mass is 369 g/mol. The molecule has 0 aromatic heterocycles. The Kier molecular flexibility index (Phi) is 4.77. The lowest BCUT2D eigenvalue weighted by Gasteiger charge is -2.29. The molecule has 2 aromatic carbocycles. The minimum absolute atomic E-state index is 0.0495. The largest absolute Gasteiger partial charge is 0.482 e. The third kappa shape index (κ3) is 3.50. The zero-order valence-corrected chi connectivity index (χ0v) is 14.8. The summed E-state index contributed by atoms with van der Waals surface area (Å²) in [6.45, 7) is 1.52. The first kappa shape index (κ1) is 17.5. The van der Waals surface area contributed by atoms with E-state index in [9.17, 15) is 14.0 Å². The normalized spacial score (nSPS) is 15.6. The van der Waals surface area contributed by atoms with Crippen molar-refractivity contribution in [2.75, 3.05) is 29.9 Å². The number of anilines is 2.